The lowest BCUT2D eigenvalue weighted by Crippen LogP contribution is -2.51. The van der Waals surface area contributed by atoms with E-state index in [-0.39, 0.29) is 18.1 Å². The summed E-state index contributed by atoms with van der Waals surface area (Å²) < 4.78 is 5.22. The molecule has 110 valence electrons. The molecule has 5 nitrogen and oxygen atoms in total. The zero-order valence-corrected chi connectivity index (χ0v) is 12.5. The number of ether oxygens (including phenoxy) is 1. The number of aromatic nitrogens is 1. The summed E-state index contributed by atoms with van der Waals surface area (Å²) in [5.74, 6) is -0.212. The molecule has 0 aliphatic heterocycles. The molecule has 3 atom stereocenters. The van der Waals surface area contributed by atoms with Gasteiger partial charge < -0.3 is 15.2 Å². The third-order valence-electron chi connectivity index (χ3n) is 3.47. The molecule has 1 saturated carbocycles. The zero-order chi connectivity index (χ0) is 14.5. The van der Waals surface area contributed by atoms with Crippen molar-refractivity contribution in [2.75, 3.05) is 7.11 Å². The molecule has 6 heteroatoms. The lowest BCUT2D eigenvalue weighted by Gasteiger charge is -2.34. The zero-order valence-electron chi connectivity index (χ0n) is 11.7. The summed E-state index contributed by atoms with van der Waals surface area (Å²) in [7, 11) is 1.59. The Labute approximate surface area is 122 Å². The van der Waals surface area contributed by atoms with Crippen LogP contribution in [0.5, 0.6) is 0 Å². The summed E-state index contributed by atoms with van der Waals surface area (Å²) in [6.07, 6.45) is 4.84. The number of hydrogen-bond acceptors (Lipinski definition) is 5. The molecule has 20 heavy (non-hydrogen) atoms. The molecular formula is C14H20N2O3S. The summed E-state index contributed by atoms with van der Waals surface area (Å²) in [4.78, 5) is 16.1. The first-order valence-corrected chi connectivity index (χ1v) is 7.59. The Bertz CT molecular complexity index is 487. The van der Waals surface area contributed by atoms with Gasteiger partial charge in [0, 0.05) is 18.6 Å². The van der Waals surface area contributed by atoms with Gasteiger partial charge in [-0.1, -0.05) is 0 Å². The lowest BCUT2D eigenvalue weighted by molar-refractivity contribution is -0.120. The molecule has 2 N–H and O–H groups in total. The first kappa shape index (κ1) is 15.2. The molecule has 0 saturated heterocycles. The number of aryl methyl sites for hydroxylation is 1. The van der Waals surface area contributed by atoms with E-state index in [4.69, 9.17) is 4.74 Å². The standard InChI is InChI=1S/C14H20N2O3S/c1-9-15-10(8-20-9)6-7-13(17)16-11-4-3-5-12(19-2)14(11)18/h6-8,11-12,14,18H,3-5H2,1-2H3,(H,16,17)/b7-6+/t11-,12-,14-/m1/s1. The van der Waals surface area contributed by atoms with Gasteiger partial charge in [0.15, 0.2) is 0 Å². The minimum atomic E-state index is -0.646. The quantitative estimate of drug-likeness (QED) is 0.826. The smallest absolute Gasteiger partial charge is 0.244 e. The van der Waals surface area contributed by atoms with Gasteiger partial charge in [0.2, 0.25) is 5.91 Å². The van der Waals surface area contributed by atoms with Crippen molar-refractivity contribution < 1.29 is 14.6 Å². The van der Waals surface area contributed by atoms with Gasteiger partial charge in [0.05, 0.1) is 22.8 Å². The van der Waals surface area contributed by atoms with E-state index in [9.17, 15) is 9.90 Å². The van der Waals surface area contributed by atoms with E-state index < -0.39 is 6.10 Å². The number of thiazole rings is 1. The maximum Gasteiger partial charge on any atom is 0.244 e. The molecule has 0 spiro atoms. The maximum absolute atomic E-state index is 11.9. The minimum Gasteiger partial charge on any atom is -0.388 e. The number of rotatable bonds is 4. The molecule has 0 radical (unpaired) electrons. The lowest BCUT2D eigenvalue weighted by atomic mass is 9.90. The van der Waals surface area contributed by atoms with E-state index in [0.29, 0.717) is 0 Å². The van der Waals surface area contributed by atoms with Crippen LogP contribution in [0.4, 0.5) is 0 Å². The second-order valence-electron chi connectivity index (χ2n) is 4.94. The Balaban J connectivity index is 1.89. The van der Waals surface area contributed by atoms with E-state index >= 15 is 0 Å². The topological polar surface area (TPSA) is 71.5 Å². The highest BCUT2D eigenvalue weighted by atomic mass is 32.1. The molecule has 1 fully saturated rings. The van der Waals surface area contributed by atoms with E-state index in [1.54, 1.807) is 24.5 Å². The number of carbonyl (C=O) groups excluding carboxylic acids is 1. The van der Waals surface area contributed by atoms with Crippen LogP contribution in [0, 0.1) is 6.92 Å². The van der Waals surface area contributed by atoms with Crippen LogP contribution < -0.4 is 5.32 Å². The average molecular weight is 296 g/mol. The highest BCUT2D eigenvalue weighted by Crippen LogP contribution is 2.21. The molecule has 1 heterocycles. The number of carbonyl (C=O) groups is 1. The van der Waals surface area contributed by atoms with Crippen LogP contribution in [0.25, 0.3) is 6.08 Å². The van der Waals surface area contributed by atoms with Crippen LogP contribution in [0.3, 0.4) is 0 Å². The average Bonchev–Trinajstić information content (AvgIpc) is 2.85. The molecule has 1 aliphatic carbocycles. The molecule has 1 aromatic rings. The Morgan fingerprint density at radius 1 is 1.60 bits per heavy atom. The SMILES string of the molecule is CO[C@@H]1CCC[C@@H](NC(=O)/C=C/c2csc(C)n2)[C@H]1O. The molecule has 1 amide bonds. The Morgan fingerprint density at radius 2 is 2.40 bits per heavy atom. The van der Waals surface area contributed by atoms with Crippen LogP contribution in [-0.2, 0) is 9.53 Å². The number of aliphatic hydroxyl groups excluding tert-OH is 1. The minimum absolute atomic E-state index is 0.195. The first-order valence-electron chi connectivity index (χ1n) is 6.71. The Hall–Kier alpha value is -1.24. The third-order valence-corrected chi connectivity index (χ3v) is 4.26. The van der Waals surface area contributed by atoms with Crippen molar-refractivity contribution in [3.63, 3.8) is 0 Å². The van der Waals surface area contributed by atoms with Gasteiger partial charge in [-0.15, -0.1) is 11.3 Å². The van der Waals surface area contributed by atoms with Crippen molar-refractivity contribution in [3.05, 3.63) is 22.2 Å². The van der Waals surface area contributed by atoms with E-state index in [1.807, 2.05) is 12.3 Å². The van der Waals surface area contributed by atoms with Gasteiger partial charge in [-0.2, -0.15) is 0 Å². The van der Waals surface area contributed by atoms with Gasteiger partial charge in [-0.05, 0) is 32.3 Å². The molecular weight excluding hydrogens is 276 g/mol. The number of methoxy groups -OCH3 is 1. The summed E-state index contributed by atoms with van der Waals surface area (Å²) >= 11 is 1.54. The molecule has 1 aromatic heterocycles. The number of hydrogen-bond donors (Lipinski definition) is 2. The predicted octanol–water partition coefficient (Wildman–Crippen LogP) is 1.51. The van der Waals surface area contributed by atoms with Crippen molar-refractivity contribution in [2.45, 2.75) is 44.4 Å². The number of amides is 1. The van der Waals surface area contributed by atoms with Crippen molar-refractivity contribution in [2.24, 2.45) is 0 Å². The van der Waals surface area contributed by atoms with Crippen LogP contribution in [0.1, 0.15) is 30.0 Å². The number of nitrogens with zero attached hydrogens (tertiary/aromatic N) is 1. The van der Waals surface area contributed by atoms with Crippen molar-refractivity contribution in [3.8, 4) is 0 Å². The maximum atomic E-state index is 11.9. The van der Waals surface area contributed by atoms with Crippen LogP contribution in [0.2, 0.25) is 0 Å². The summed E-state index contributed by atoms with van der Waals surface area (Å²) in [5.41, 5.74) is 0.779. The van der Waals surface area contributed by atoms with Gasteiger partial charge in [0.25, 0.3) is 0 Å². The van der Waals surface area contributed by atoms with Crippen molar-refractivity contribution in [1.29, 1.82) is 0 Å². The van der Waals surface area contributed by atoms with Gasteiger partial charge in [-0.3, -0.25) is 4.79 Å². The van der Waals surface area contributed by atoms with Crippen LogP contribution >= 0.6 is 11.3 Å². The fourth-order valence-corrected chi connectivity index (χ4v) is 2.98. The second-order valence-corrected chi connectivity index (χ2v) is 6.00. The fraction of sp³-hybridized carbons (Fsp3) is 0.571. The molecule has 2 rings (SSSR count). The van der Waals surface area contributed by atoms with Gasteiger partial charge in [0.1, 0.15) is 6.10 Å². The summed E-state index contributed by atoms with van der Waals surface area (Å²) in [5, 5.41) is 15.8. The summed E-state index contributed by atoms with van der Waals surface area (Å²) in [6.45, 7) is 1.92. The van der Waals surface area contributed by atoms with E-state index in [1.165, 1.54) is 6.08 Å². The van der Waals surface area contributed by atoms with Crippen molar-refractivity contribution >= 4 is 23.3 Å². The van der Waals surface area contributed by atoms with Crippen molar-refractivity contribution in [1.82, 2.24) is 10.3 Å². The van der Waals surface area contributed by atoms with Crippen LogP contribution in [0.15, 0.2) is 11.5 Å². The van der Waals surface area contributed by atoms with Gasteiger partial charge >= 0.3 is 0 Å². The van der Waals surface area contributed by atoms with E-state index in [0.717, 1.165) is 30.0 Å². The Kier molecular flexibility index (Phi) is 5.28. The molecule has 1 aliphatic rings. The fourth-order valence-electron chi connectivity index (χ4n) is 2.40. The number of aliphatic hydroxyl groups is 1. The highest BCUT2D eigenvalue weighted by molar-refractivity contribution is 7.09. The van der Waals surface area contributed by atoms with Gasteiger partial charge in [-0.25, -0.2) is 4.98 Å². The Morgan fingerprint density at radius 3 is 3.05 bits per heavy atom. The number of nitrogens with one attached hydrogen (secondary N) is 1. The molecule has 0 aromatic carbocycles. The predicted molar refractivity (Wildman–Crippen MR) is 78.5 cm³/mol. The molecule has 0 bridgehead atoms. The highest BCUT2D eigenvalue weighted by Gasteiger charge is 2.32. The second kappa shape index (κ2) is 6.97. The largest absolute Gasteiger partial charge is 0.388 e. The normalized spacial score (nSPS) is 26.9. The van der Waals surface area contributed by atoms with E-state index in [2.05, 4.69) is 10.3 Å². The monoisotopic (exact) mass is 296 g/mol. The first-order chi connectivity index (χ1) is 9.60. The molecule has 0 unspecified atom stereocenters. The third kappa shape index (κ3) is 3.88. The van der Waals surface area contributed by atoms with Crippen LogP contribution in [-0.4, -0.2) is 41.4 Å². The summed E-state index contributed by atoms with van der Waals surface area (Å²) in [6, 6.07) is -0.247.